The second kappa shape index (κ2) is 7.43. The Labute approximate surface area is 133 Å². The highest BCUT2D eigenvalue weighted by atomic mass is 79.9. The number of benzene rings is 1. The van der Waals surface area contributed by atoms with E-state index >= 15 is 0 Å². The number of carbonyl (C=O) groups excluding carboxylic acids is 1. The van der Waals surface area contributed by atoms with Crippen LogP contribution in [0.1, 0.15) is 26.2 Å². The van der Waals surface area contributed by atoms with E-state index in [9.17, 15) is 4.79 Å². The van der Waals surface area contributed by atoms with Gasteiger partial charge < -0.3 is 10.6 Å². The van der Waals surface area contributed by atoms with Gasteiger partial charge in [0, 0.05) is 15.9 Å². The summed E-state index contributed by atoms with van der Waals surface area (Å²) in [5.74, 6) is 1.03. The molecule has 0 saturated carbocycles. The molecular weight excluding hydrogens is 340 g/mol. The van der Waals surface area contributed by atoms with Gasteiger partial charge in [0.05, 0.1) is 5.69 Å². The minimum atomic E-state index is 0.0473. The van der Waals surface area contributed by atoms with Crippen molar-refractivity contribution in [2.24, 2.45) is 11.8 Å². The van der Waals surface area contributed by atoms with E-state index in [-0.39, 0.29) is 5.91 Å². The standard InChI is InChI=1S/C15H20BrClN2O/c1-10(11-3-2-6-18-9-11)7-15(20)19-14-8-12(17)4-5-13(14)16/h4-5,8,10-11,18H,2-3,6-7,9H2,1H3,(H,19,20). The van der Waals surface area contributed by atoms with Gasteiger partial charge in [-0.15, -0.1) is 0 Å². The van der Waals surface area contributed by atoms with Crippen molar-refractivity contribution in [3.63, 3.8) is 0 Å². The molecule has 2 atom stereocenters. The fourth-order valence-corrected chi connectivity index (χ4v) is 3.14. The van der Waals surface area contributed by atoms with Crippen molar-refractivity contribution in [3.8, 4) is 0 Å². The normalized spacial score (nSPS) is 20.4. The highest BCUT2D eigenvalue weighted by molar-refractivity contribution is 9.10. The monoisotopic (exact) mass is 358 g/mol. The second-order valence-electron chi connectivity index (χ2n) is 5.46. The molecule has 0 radical (unpaired) electrons. The Balaban J connectivity index is 1.89. The molecule has 0 aromatic heterocycles. The molecule has 1 aliphatic rings. The van der Waals surface area contributed by atoms with Crippen LogP contribution >= 0.6 is 27.5 Å². The fourth-order valence-electron chi connectivity index (χ4n) is 2.62. The van der Waals surface area contributed by atoms with Crippen LogP contribution in [0.5, 0.6) is 0 Å². The van der Waals surface area contributed by atoms with Crippen molar-refractivity contribution in [3.05, 3.63) is 27.7 Å². The number of halogens is 2. The fraction of sp³-hybridized carbons (Fsp3) is 0.533. The number of anilines is 1. The van der Waals surface area contributed by atoms with E-state index in [1.165, 1.54) is 12.8 Å². The van der Waals surface area contributed by atoms with Crippen LogP contribution < -0.4 is 10.6 Å². The zero-order valence-corrected chi connectivity index (χ0v) is 13.9. The van der Waals surface area contributed by atoms with Gasteiger partial charge in [0.25, 0.3) is 0 Å². The van der Waals surface area contributed by atoms with Gasteiger partial charge >= 0.3 is 0 Å². The first-order valence-electron chi connectivity index (χ1n) is 7.02. The van der Waals surface area contributed by atoms with Crippen LogP contribution in [0.25, 0.3) is 0 Å². The minimum Gasteiger partial charge on any atom is -0.325 e. The van der Waals surface area contributed by atoms with Crippen LogP contribution in [0, 0.1) is 11.8 Å². The van der Waals surface area contributed by atoms with Gasteiger partial charge in [0.1, 0.15) is 0 Å². The Kier molecular flexibility index (Phi) is 5.87. The van der Waals surface area contributed by atoms with Crippen LogP contribution in [0.15, 0.2) is 22.7 Å². The molecule has 20 heavy (non-hydrogen) atoms. The van der Waals surface area contributed by atoms with Gasteiger partial charge in [-0.05, 0) is 71.9 Å². The number of hydrogen-bond donors (Lipinski definition) is 2. The number of carbonyl (C=O) groups is 1. The molecule has 5 heteroatoms. The Morgan fingerprint density at radius 3 is 3.10 bits per heavy atom. The van der Waals surface area contributed by atoms with E-state index in [1.54, 1.807) is 12.1 Å². The largest absolute Gasteiger partial charge is 0.325 e. The molecule has 1 saturated heterocycles. The molecule has 0 bridgehead atoms. The maximum atomic E-state index is 12.1. The number of amides is 1. The van der Waals surface area contributed by atoms with Gasteiger partial charge in [-0.25, -0.2) is 0 Å². The molecule has 0 spiro atoms. The summed E-state index contributed by atoms with van der Waals surface area (Å²) >= 11 is 9.37. The summed E-state index contributed by atoms with van der Waals surface area (Å²) in [6, 6.07) is 5.39. The lowest BCUT2D eigenvalue weighted by molar-refractivity contribution is -0.117. The average Bonchev–Trinajstić information content (AvgIpc) is 2.43. The topological polar surface area (TPSA) is 41.1 Å². The highest BCUT2D eigenvalue weighted by Crippen LogP contribution is 2.27. The lowest BCUT2D eigenvalue weighted by Gasteiger charge is -2.28. The van der Waals surface area contributed by atoms with Crippen LogP contribution in [-0.4, -0.2) is 19.0 Å². The third-order valence-corrected chi connectivity index (χ3v) is 4.78. The van der Waals surface area contributed by atoms with Crippen molar-refractivity contribution in [1.29, 1.82) is 0 Å². The Hall–Kier alpha value is -0.580. The summed E-state index contributed by atoms with van der Waals surface area (Å²) in [5, 5.41) is 6.95. The number of hydrogen-bond acceptors (Lipinski definition) is 2. The molecule has 1 aliphatic heterocycles. The van der Waals surface area contributed by atoms with Gasteiger partial charge in [-0.2, -0.15) is 0 Å². The van der Waals surface area contributed by atoms with Crippen molar-refractivity contribution in [2.45, 2.75) is 26.2 Å². The summed E-state index contributed by atoms with van der Waals surface area (Å²) in [4.78, 5) is 12.1. The van der Waals surface area contributed by atoms with E-state index in [1.807, 2.05) is 6.07 Å². The quantitative estimate of drug-likeness (QED) is 0.851. The van der Waals surface area contributed by atoms with E-state index in [0.29, 0.717) is 23.3 Å². The van der Waals surface area contributed by atoms with Crippen LogP contribution in [0.3, 0.4) is 0 Å². The minimum absolute atomic E-state index is 0.0473. The summed E-state index contributed by atoms with van der Waals surface area (Å²) in [5.41, 5.74) is 0.733. The van der Waals surface area contributed by atoms with Crippen molar-refractivity contribution in [1.82, 2.24) is 5.32 Å². The predicted octanol–water partition coefficient (Wildman–Crippen LogP) is 4.07. The van der Waals surface area contributed by atoms with Crippen molar-refractivity contribution in [2.75, 3.05) is 18.4 Å². The molecule has 110 valence electrons. The lowest BCUT2D eigenvalue weighted by Crippen LogP contribution is -2.34. The van der Waals surface area contributed by atoms with Crippen LogP contribution in [0.2, 0.25) is 5.02 Å². The SMILES string of the molecule is CC(CC(=O)Nc1cc(Cl)ccc1Br)C1CCCNC1. The first-order valence-corrected chi connectivity index (χ1v) is 8.19. The Morgan fingerprint density at radius 1 is 1.60 bits per heavy atom. The summed E-state index contributed by atoms with van der Waals surface area (Å²) in [6.45, 7) is 4.28. The molecule has 2 unspecified atom stereocenters. The first kappa shape index (κ1) is 15.8. The molecule has 2 rings (SSSR count). The first-order chi connectivity index (χ1) is 9.56. The van der Waals surface area contributed by atoms with E-state index in [2.05, 4.69) is 33.5 Å². The average molecular weight is 360 g/mol. The molecule has 2 N–H and O–H groups in total. The van der Waals surface area contributed by atoms with E-state index in [4.69, 9.17) is 11.6 Å². The third kappa shape index (κ3) is 4.47. The summed E-state index contributed by atoms with van der Waals surface area (Å²) < 4.78 is 0.849. The lowest BCUT2D eigenvalue weighted by atomic mass is 9.85. The van der Waals surface area contributed by atoms with Crippen LogP contribution in [0.4, 0.5) is 5.69 Å². The third-order valence-electron chi connectivity index (χ3n) is 3.85. The van der Waals surface area contributed by atoms with Gasteiger partial charge in [-0.3, -0.25) is 4.79 Å². The molecule has 1 fully saturated rings. The summed E-state index contributed by atoms with van der Waals surface area (Å²) in [6.07, 6.45) is 2.96. The van der Waals surface area contributed by atoms with Gasteiger partial charge in [0.15, 0.2) is 0 Å². The Bertz CT molecular complexity index is 475. The zero-order chi connectivity index (χ0) is 14.5. The molecule has 3 nitrogen and oxygen atoms in total. The van der Waals surface area contributed by atoms with E-state index in [0.717, 1.165) is 23.2 Å². The molecular formula is C15H20BrClN2O. The predicted molar refractivity (Wildman–Crippen MR) is 87.2 cm³/mol. The smallest absolute Gasteiger partial charge is 0.224 e. The van der Waals surface area contributed by atoms with Gasteiger partial charge in [-0.1, -0.05) is 18.5 Å². The maximum absolute atomic E-state index is 12.1. The number of piperidine rings is 1. The molecule has 1 aromatic carbocycles. The van der Waals surface area contributed by atoms with Crippen molar-refractivity contribution >= 4 is 39.1 Å². The van der Waals surface area contributed by atoms with Crippen molar-refractivity contribution < 1.29 is 4.79 Å². The van der Waals surface area contributed by atoms with Gasteiger partial charge in [0.2, 0.25) is 5.91 Å². The number of rotatable bonds is 4. The molecule has 0 aliphatic carbocycles. The number of nitrogens with one attached hydrogen (secondary N) is 2. The molecule has 1 heterocycles. The van der Waals surface area contributed by atoms with E-state index < -0.39 is 0 Å². The molecule has 1 aromatic rings. The zero-order valence-electron chi connectivity index (χ0n) is 11.6. The highest BCUT2D eigenvalue weighted by Gasteiger charge is 2.22. The summed E-state index contributed by atoms with van der Waals surface area (Å²) in [7, 11) is 0. The Morgan fingerprint density at radius 2 is 2.40 bits per heavy atom. The second-order valence-corrected chi connectivity index (χ2v) is 6.75. The maximum Gasteiger partial charge on any atom is 0.224 e. The van der Waals surface area contributed by atoms with Crippen LogP contribution in [-0.2, 0) is 4.79 Å². The molecule has 1 amide bonds.